The van der Waals surface area contributed by atoms with Crippen molar-refractivity contribution in [3.8, 4) is 0 Å². The molecule has 0 aliphatic carbocycles. The number of thioether (sulfide) groups is 1. The number of hydrogen-bond acceptors (Lipinski definition) is 6. The molecule has 0 aromatic heterocycles. The SMILES string of the molecule is CC(C)OC[C@H]1C[C@H]2CSC(N)=N[C@@]2(c2ccccc2F)CO1.O=C(O)C(F)(F)F. The predicted molar refractivity (Wildman–Crippen MR) is 105 cm³/mol. The number of hydrogen-bond donors (Lipinski definition) is 2. The molecule has 3 N–H and O–H groups in total. The van der Waals surface area contributed by atoms with E-state index in [2.05, 4.69) is 4.99 Å². The van der Waals surface area contributed by atoms with Gasteiger partial charge in [0.15, 0.2) is 5.17 Å². The van der Waals surface area contributed by atoms with Gasteiger partial charge in [0.2, 0.25) is 0 Å². The Bertz CT molecular complexity index is 775. The summed E-state index contributed by atoms with van der Waals surface area (Å²) in [7, 11) is 0. The van der Waals surface area contributed by atoms with Gasteiger partial charge in [0.25, 0.3) is 0 Å². The second-order valence-electron chi connectivity index (χ2n) is 7.22. The maximum absolute atomic E-state index is 14.4. The van der Waals surface area contributed by atoms with E-state index in [0.717, 1.165) is 12.2 Å². The first-order valence-corrected chi connectivity index (χ1v) is 10.2. The van der Waals surface area contributed by atoms with Crippen LogP contribution in [0.25, 0.3) is 0 Å². The summed E-state index contributed by atoms with van der Waals surface area (Å²) in [5, 5.41) is 7.63. The van der Waals surface area contributed by atoms with Gasteiger partial charge in [0.1, 0.15) is 11.4 Å². The predicted octanol–water partition coefficient (Wildman–Crippen LogP) is 3.55. The van der Waals surface area contributed by atoms with Crippen LogP contribution in [0.5, 0.6) is 0 Å². The van der Waals surface area contributed by atoms with Crippen LogP contribution >= 0.6 is 11.8 Å². The summed E-state index contributed by atoms with van der Waals surface area (Å²) in [6.07, 6.45) is -4.09. The van der Waals surface area contributed by atoms with Crippen LogP contribution in [-0.2, 0) is 19.8 Å². The van der Waals surface area contributed by atoms with E-state index in [0.29, 0.717) is 23.9 Å². The number of aliphatic carboxylic acids is 1. The number of carbonyl (C=O) groups is 1. The normalized spacial score (nSPS) is 26.3. The number of alkyl halides is 3. The number of amidine groups is 1. The Hall–Kier alpha value is -1.85. The molecule has 2 heterocycles. The van der Waals surface area contributed by atoms with Gasteiger partial charge in [-0.25, -0.2) is 14.2 Å². The number of benzene rings is 1. The minimum absolute atomic E-state index is 0.0254. The number of rotatable bonds is 4. The van der Waals surface area contributed by atoms with Gasteiger partial charge in [0.05, 0.1) is 25.4 Å². The highest BCUT2D eigenvalue weighted by Gasteiger charge is 2.49. The second-order valence-corrected chi connectivity index (χ2v) is 8.26. The Morgan fingerprint density at radius 3 is 2.63 bits per heavy atom. The first-order valence-electron chi connectivity index (χ1n) is 9.22. The van der Waals surface area contributed by atoms with E-state index in [1.54, 1.807) is 12.1 Å². The first-order chi connectivity index (χ1) is 14.0. The number of carboxylic acid groups (broad SMARTS) is 1. The van der Waals surface area contributed by atoms with Crippen molar-refractivity contribution in [3.63, 3.8) is 0 Å². The molecular weight excluding hydrogens is 428 g/mol. The number of fused-ring (bicyclic) bond motifs is 1. The van der Waals surface area contributed by atoms with Crippen molar-refractivity contribution >= 4 is 22.9 Å². The molecule has 1 aromatic carbocycles. The zero-order chi connectivity index (χ0) is 22.5. The standard InChI is InChI=1S/C17H23FN2O2S.C2HF3O2/c1-11(2)21-8-13-7-12-9-23-16(19)20-17(12,10-22-13)14-5-3-4-6-15(14)18;3-2(4,5)1(6)7/h3-6,11-13H,7-10H2,1-2H3,(H2,19,20);(H,6,7)/t12-,13+,17-;/m0./s1. The fourth-order valence-corrected chi connectivity index (χ4v) is 4.28. The Labute approximate surface area is 175 Å². The molecule has 1 fully saturated rings. The summed E-state index contributed by atoms with van der Waals surface area (Å²) < 4.78 is 57.8. The largest absolute Gasteiger partial charge is 0.490 e. The Kier molecular flexibility index (Phi) is 8.12. The van der Waals surface area contributed by atoms with Crippen LogP contribution in [0.4, 0.5) is 17.6 Å². The molecule has 0 saturated carbocycles. The minimum atomic E-state index is -5.08. The van der Waals surface area contributed by atoms with Crippen molar-refractivity contribution in [2.24, 2.45) is 16.6 Å². The molecular formula is C19H24F4N2O4S. The smallest absolute Gasteiger partial charge is 0.475 e. The third-order valence-electron chi connectivity index (χ3n) is 4.70. The monoisotopic (exact) mass is 452 g/mol. The van der Waals surface area contributed by atoms with Crippen molar-refractivity contribution in [2.45, 2.75) is 44.2 Å². The molecule has 0 bridgehead atoms. The Balaban J connectivity index is 0.000000396. The molecule has 0 spiro atoms. The fourth-order valence-electron chi connectivity index (χ4n) is 3.27. The maximum Gasteiger partial charge on any atom is 0.490 e. The van der Waals surface area contributed by atoms with Crippen LogP contribution < -0.4 is 5.73 Å². The third kappa shape index (κ3) is 6.08. The lowest BCUT2D eigenvalue weighted by atomic mass is 9.75. The van der Waals surface area contributed by atoms with E-state index >= 15 is 0 Å². The maximum atomic E-state index is 14.4. The third-order valence-corrected chi connectivity index (χ3v) is 5.66. The zero-order valence-electron chi connectivity index (χ0n) is 16.5. The summed E-state index contributed by atoms with van der Waals surface area (Å²) in [6.45, 7) is 4.92. The zero-order valence-corrected chi connectivity index (χ0v) is 17.3. The fraction of sp³-hybridized carbons (Fsp3) is 0.579. The van der Waals surface area contributed by atoms with Crippen molar-refractivity contribution in [1.29, 1.82) is 0 Å². The molecule has 0 radical (unpaired) electrons. The summed E-state index contributed by atoms with van der Waals surface area (Å²) in [4.78, 5) is 13.5. The molecule has 1 aromatic rings. The molecule has 6 nitrogen and oxygen atoms in total. The highest BCUT2D eigenvalue weighted by molar-refractivity contribution is 8.13. The number of nitrogens with zero attached hydrogens (tertiary/aromatic N) is 1. The molecule has 3 rings (SSSR count). The lowest BCUT2D eigenvalue weighted by Gasteiger charge is -2.46. The van der Waals surface area contributed by atoms with Crippen molar-refractivity contribution < 1.29 is 36.9 Å². The number of aliphatic imine (C=N–C) groups is 1. The lowest BCUT2D eigenvalue weighted by molar-refractivity contribution is -0.192. The van der Waals surface area contributed by atoms with Crippen molar-refractivity contribution in [1.82, 2.24) is 0 Å². The van der Waals surface area contributed by atoms with Gasteiger partial charge < -0.3 is 20.3 Å². The average molecular weight is 452 g/mol. The number of halogens is 4. The molecule has 0 unspecified atom stereocenters. The van der Waals surface area contributed by atoms with E-state index in [9.17, 15) is 17.6 Å². The van der Waals surface area contributed by atoms with Crippen LogP contribution in [-0.4, -0.2) is 53.6 Å². The molecule has 0 amide bonds. The summed E-state index contributed by atoms with van der Waals surface area (Å²) in [5.41, 5.74) is 5.82. The number of nitrogens with two attached hydrogens (primary N) is 1. The van der Waals surface area contributed by atoms with Gasteiger partial charge in [-0.3, -0.25) is 0 Å². The number of carboxylic acids is 1. The summed E-state index contributed by atoms with van der Waals surface area (Å²) >= 11 is 1.54. The van der Waals surface area contributed by atoms with Crippen molar-refractivity contribution in [2.75, 3.05) is 19.0 Å². The summed E-state index contributed by atoms with van der Waals surface area (Å²) in [6, 6.07) is 6.80. The van der Waals surface area contributed by atoms with E-state index < -0.39 is 17.7 Å². The molecule has 168 valence electrons. The quantitative estimate of drug-likeness (QED) is 0.679. The van der Waals surface area contributed by atoms with Crippen LogP contribution in [0.3, 0.4) is 0 Å². The van der Waals surface area contributed by atoms with E-state index in [1.165, 1.54) is 17.8 Å². The average Bonchev–Trinajstić information content (AvgIpc) is 2.66. The van der Waals surface area contributed by atoms with E-state index in [1.807, 2.05) is 19.9 Å². The van der Waals surface area contributed by atoms with Crippen molar-refractivity contribution in [3.05, 3.63) is 35.6 Å². The second kappa shape index (κ2) is 9.97. The van der Waals surface area contributed by atoms with Gasteiger partial charge in [-0.2, -0.15) is 13.2 Å². The molecule has 11 heteroatoms. The summed E-state index contributed by atoms with van der Waals surface area (Å²) in [5.74, 6) is -1.99. The van der Waals surface area contributed by atoms with Gasteiger partial charge in [0, 0.05) is 17.2 Å². The van der Waals surface area contributed by atoms with Crippen LogP contribution in [0.1, 0.15) is 25.8 Å². The van der Waals surface area contributed by atoms with E-state index in [-0.39, 0.29) is 23.9 Å². The Morgan fingerprint density at radius 2 is 2.07 bits per heavy atom. The molecule has 1 saturated heterocycles. The van der Waals surface area contributed by atoms with Gasteiger partial charge >= 0.3 is 12.1 Å². The minimum Gasteiger partial charge on any atom is -0.475 e. The Morgan fingerprint density at radius 1 is 1.43 bits per heavy atom. The highest BCUT2D eigenvalue weighted by atomic mass is 32.2. The van der Waals surface area contributed by atoms with Gasteiger partial charge in [-0.05, 0) is 26.3 Å². The first kappa shape index (κ1) is 24.4. The molecule has 2 aliphatic rings. The topological polar surface area (TPSA) is 94.1 Å². The molecule has 30 heavy (non-hydrogen) atoms. The van der Waals surface area contributed by atoms with E-state index in [4.69, 9.17) is 25.1 Å². The highest BCUT2D eigenvalue weighted by Crippen LogP contribution is 2.46. The number of ether oxygens (including phenoxy) is 2. The molecule has 3 atom stereocenters. The van der Waals surface area contributed by atoms with Gasteiger partial charge in [-0.1, -0.05) is 30.0 Å². The van der Waals surface area contributed by atoms with Crippen LogP contribution in [0.2, 0.25) is 0 Å². The molecule has 2 aliphatic heterocycles. The van der Waals surface area contributed by atoms with Crippen LogP contribution in [0, 0.1) is 11.7 Å². The lowest BCUT2D eigenvalue weighted by Crippen LogP contribution is -2.51. The van der Waals surface area contributed by atoms with Crippen LogP contribution in [0.15, 0.2) is 29.3 Å². The van der Waals surface area contributed by atoms with Gasteiger partial charge in [-0.15, -0.1) is 0 Å².